The third kappa shape index (κ3) is 4.94. The fourth-order valence-electron chi connectivity index (χ4n) is 3.34. The van der Waals surface area contributed by atoms with E-state index in [9.17, 15) is 4.79 Å². The van der Waals surface area contributed by atoms with Crippen LogP contribution < -0.4 is 15.8 Å². The number of nitrogens with two attached hydrogens (primary N) is 1. The predicted octanol–water partition coefficient (Wildman–Crippen LogP) is 3.37. The van der Waals surface area contributed by atoms with Gasteiger partial charge in [-0.25, -0.2) is 0 Å². The molecule has 1 amide bonds. The zero-order chi connectivity index (χ0) is 19.2. The lowest BCUT2D eigenvalue weighted by Gasteiger charge is -2.26. The van der Waals surface area contributed by atoms with E-state index in [0.717, 1.165) is 35.3 Å². The van der Waals surface area contributed by atoms with Crippen molar-refractivity contribution in [3.63, 3.8) is 0 Å². The van der Waals surface area contributed by atoms with Crippen LogP contribution in [0.1, 0.15) is 50.9 Å². The molecule has 1 aliphatic carbocycles. The molecule has 0 bridgehead atoms. The number of aromatic nitrogens is 3. The standard InChI is InChI=1S/C19H27N5O2S/c1-13(18(20)25)27-19-23-22-17(24(19)15-8-4-3-5-9-15)12-21-14-7-6-10-16(11-14)26-2/h6-7,10-11,13,15,21H,3-5,8-9,12H2,1-2H3,(H2,20,25)/t13-/m0/s1. The largest absolute Gasteiger partial charge is 0.497 e. The molecular weight excluding hydrogens is 362 g/mol. The molecule has 0 aliphatic heterocycles. The fraction of sp³-hybridized carbons (Fsp3) is 0.526. The highest BCUT2D eigenvalue weighted by Gasteiger charge is 2.25. The maximum Gasteiger partial charge on any atom is 0.230 e. The lowest BCUT2D eigenvalue weighted by Crippen LogP contribution is -2.24. The van der Waals surface area contributed by atoms with Crippen LogP contribution in [0.4, 0.5) is 5.69 Å². The lowest BCUT2D eigenvalue weighted by atomic mass is 9.95. The van der Waals surface area contributed by atoms with Gasteiger partial charge in [0.25, 0.3) is 0 Å². The number of ether oxygens (including phenoxy) is 1. The molecular formula is C19H27N5O2S. The summed E-state index contributed by atoms with van der Waals surface area (Å²) >= 11 is 1.39. The van der Waals surface area contributed by atoms with Crippen molar-refractivity contribution >= 4 is 23.4 Å². The van der Waals surface area contributed by atoms with Crippen molar-refractivity contribution in [2.45, 2.75) is 62.0 Å². The number of nitrogens with zero attached hydrogens (tertiary/aromatic N) is 3. The van der Waals surface area contributed by atoms with Crippen LogP contribution in [0.3, 0.4) is 0 Å². The molecule has 1 saturated carbocycles. The molecule has 1 aromatic carbocycles. The van der Waals surface area contributed by atoms with Gasteiger partial charge in [-0.3, -0.25) is 4.79 Å². The molecule has 1 atom stereocenters. The Balaban J connectivity index is 1.80. The molecule has 1 aliphatic rings. The van der Waals surface area contributed by atoms with E-state index >= 15 is 0 Å². The summed E-state index contributed by atoms with van der Waals surface area (Å²) in [5.41, 5.74) is 6.40. The number of nitrogens with one attached hydrogen (secondary N) is 1. The van der Waals surface area contributed by atoms with Gasteiger partial charge in [0, 0.05) is 17.8 Å². The summed E-state index contributed by atoms with van der Waals surface area (Å²) in [4.78, 5) is 11.5. The van der Waals surface area contributed by atoms with Crippen molar-refractivity contribution in [2.75, 3.05) is 12.4 Å². The van der Waals surface area contributed by atoms with E-state index in [4.69, 9.17) is 10.5 Å². The van der Waals surface area contributed by atoms with Crippen LogP contribution in [0, 0.1) is 0 Å². The van der Waals surface area contributed by atoms with Crippen molar-refractivity contribution in [3.8, 4) is 5.75 Å². The van der Waals surface area contributed by atoms with E-state index in [0.29, 0.717) is 12.6 Å². The van der Waals surface area contributed by atoms with Crippen LogP contribution in [0.5, 0.6) is 5.75 Å². The Morgan fingerprint density at radius 1 is 1.37 bits per heavy atom. The number of carbonyl (C=O) groups excluding carboxylic acids is 1. The first kappa shape index (κ1) is 19.5. The average molecular weight is 390 g/mol. The Labute approximate surface area is 164 Å². The first-order valence-electron chi connectivity index (χ1n) is 9.36. The van der Waals surface area contributed by atoms with E-state index < -0.39 is 0 Å². The Kier molecular flexibility index (Phi) is 6.60. The van der Waals surface area contributed by atoms with E-state index in [1.54, 1.807) is 14.0 Å². The van der Waals surface area contributed by atoms with Crippen LogP contribution in [-0.4, -0.2) is 33.0 Å². The van der Waals surface area contributed by atoms with E-state index in [-0.39, 0.29) is 11.2 Å². The Morgan fingerprint density at radius 2 is 2.15 bits per heavy atom. The number of carbonyl (C=O) groups is 1. The number of primary amides is 1. The van der Waals surface area contributed by atoms with Crippen LogP contribution in [0.15, 0.2) is 29.4 Å². The van der Waals surface area contributed by atoms with Crippen LogP contribution in [0.2, 0.25) is 0 Å². The monoisotopic (exact) mass is 389 g/mol. The molecule has 1 fully saturated rings. The fourth-order valence-corrected chi connectivity index (χ4v) is 4.23. The predicted molar refractivity (Wildman–Crippen MR) is 107 cm³/mol. The number of rotatable bonds is 8. The zero-order valence-electron chi connectivity index (χ0n) is 15.9. The molecule has 1 aromatic heterocycles. The highest BCUT2D eigenvalue weighted by molar-refractivity contribution is 8.00. The minimum absolute atomic E-state index is 0.337. The molecule has 7 nitrogen and oxygen atoms in total. The Morgan fingerprint density at radius 3 is 2.85 bits per heavy atom. The van der Waals surface area contributed by atoms with Crippen LogP contribution in [0.25, 0.3) is 0 Å². The second-order valence-electron chi connectivity index (χ2n) is 6.81. The summed E-state index contributed by atoms with van der Waals surface area (Å²) in [6.45, 7) is 2.36. The zero-order valence-corrected chi connectivity index (χ0v) is 16.7. The third-order valence-corrected chi connectivity index (χ3v) is 5.95. The van der Waals surface area contributed by atoms with E-state index in [1.807, 2.05) is 24.3 Å². The van der Waals surface area contributed by atoms with Gasteiger partial charge in [-0.2, -0.15) is 0 Å². The van der Waals surface area contributed by atoms with Gasteiger partial charge in [-0.15, -0.1) is 10.2 Å². The molecule has 3 rings (SSSR count). The molecule has 8 heteroatoms. The summed E-state index contributed by atoms with van der Waals surface area (Å²) in [5, 5.41) is 12.6. The van der Waals surface area contributed by atoms with Gasteiger partial charge in [-0.05, 0) is 31.9 Å². The van der Waals surface area contributed by atoms with Crippen LogP contribution in [-0.2, 0) is 11.3 Å². The van der Waals surface area contributed by atoms with Gasteiger partial charge >= 0.3 is 0 Å². The average Bonchev–Trinajstić information content (AvgIpc) is 3.09. The number of thioether (sulfide) groups is 1. The van der Waals surface area contributed by atoms with Gasteiger partial charge in [0.05, 0.1) is 18.9 Å². The minimum atomic E-state index is -0.339. The molecule has 2 aromatic rings. The maximum absolute atomic E-state index is 11.5. The lowest BCUT2D eigenvalue weighted by molar-refractivity contribution is -0.117. The number of benzene rings is 1. The van der Waals surface area contributed by atoms with Crippen LogP contribution >= 0.6 is 11.8 Å². The topological polar surface area (TPSA) is 95.1 Å². The summed E-state index contributed by atoms with van der Waals surface area (Å²) in [5.74, 6) is 1.35. The van der Waals surface area contributed by atoms with Crippen molar-refractivity contribution < 1.29 is 9.53 Å². The maximum atomic E-state index is 11.5. The smallest absolute Gasteiger partial charge is 0.230 e. The number of methoxy groups -OCH3 is 1. The SMILES string of the molecule is COc1cccc(NCc2nnc(S[C@@H](C)C(N)=O)n2C2CCCCC2)c1. The van der Waals surface area contributed by atoms with E-state index in [1.165, 1.54) is 31.0 Å². The molecule has 0 unspecified atom stereocenters. The number of amides is 1. The number of hydrogen-bond donors (Lipinski definition) is 2. The van der Waals surface area contributed by atoms with Gasteiger partial charge in [0.15, 0.2) is 11.0 Å². The summed E-state index contributed by atoms with van der Waals surface area (Å²) in [6, 6.07) is 8.18. The number of hydrogen-bond acceptors (Lipinski definition) is 6. The van der Waals surface area contributed by atoms with Crippen molar-refractivity contribution in [1.29, 1.82) is 0 Å². The summed E-state index contributed by atoms with van der Waals surface area (Å²) in [7, 11) is 1.65. The molecule has 0 spiro atoms. The van der Waals surface area contributed by atoms with Gasteiger partial charge in [0.1, 0.15) is 5.75 Å². The molecule has 3 N–H and O–H groups in total. The normalized spacial score (nSPS) is 16.1. The molecule has 1 heterocycles. The number of anilines is 1. The molecule has 0 radical (unpaired) electrons. The second kappa shape index (κ2) is 9.12. The Hall–Kier alpha value is -2.22. The van der Waals surface area contributed by atoms with Gasteiger partial charge in [-0.1, -0.05) is 37.1 Å². The molecule has 27 heavy (non-hydrogen) atoms. The van der Waals surface area contributed by atoms with E-state index in [2.05, 4.69) is 20.1 Å². The summed E-state index contributed by atoms with van der Waals surface area (Å²) in [6.07, 6.45) is 5.92. The van der Waals surface area contributed by atoms with Crippen molar-refractivity contribution in [2.24, 2.45) is 5.73 Å². The molecule has 146 valence electrons. The highest BCUT2D eigenvalue weighted by atomic mass is 32.2. The quantitative estimate of drug-likeness (QED) is 0.672. The third-order valence-electron chi connectivity index (χ3n) is 4.88. The first-order chi connectivity index (χ1) is 13.1. The van der Waals surface area contributed by atoms with Gasteiger partial charge in [0.2, 0.25) is 5.91 Å². The van der Waals surface area contributed by atoms with Crippen molar-refractivity contribution in [1.82, 2.24) is 14.8 Å². The molecule has 0 saturated heterocycles. The minimum Gasteiger partial charge on any atom is -0.497 e. The summed E-state index contributed by atoms with van der Waals surface area (Å²) < 4.78 is 7.48. The van der Waals surface area contributed by atoms with Gasteiger partial charge < -0.3 is 20.4 Å². The second-order valence-corrected chi connectivity index (χ2v) is 8.12. The first-order valence-corrected chi connectivity index (χ1v) is 10.2. The Bertz CT molecular complexity index is 773. The van der Waals surface area contributed by atoms with Crippen molar-refractivity contribution in [3.05, 3.63) is 30.1 Å². The highest BCUT2D eigenvalue weighted by Crippen LogP contribution is 2.34.